The van der Waals surface area contributed by atoms with E-state index in [1.165, 1.54) is 28.0 Å². The number of hydrogen-bond donors (Lipinski definition) is 0. The minimum atomic E-state index is -0.0144. The van der Waals surface area contributed by atoms with Gasteiger partial charge in [0, 0.05) is 24.5 Å². The normalized spacial score (nSPS) is 11.0. The van der Waals surface area contributed by atoms with Gasteiger partial charge >= 0.3 is 0 Å². The predicted molar refractivity (Wildman–Crippen MR) is 90.8 cm³/mol. The number of benzene rings is 1. The van der Waals surface area contributed by atoms with Crippen LogP contribution in [-0.2, 0) is 11.3 Å². The van der Waals surface area contributed by atoms with Crippen molar-refractivity contribution in [3.05, 3.63) is 62.3 Å². The number of rotatable bonds is 4. The molecular weight excluding hydrogens is 302 g/mol. The third-order valence-electron chi connectivity index (χ3n) is 3.27. The second-order valence-electron chi connectivity index (χ2n) is 5.10. The van der Waals surface area contributed by atoms with Gasteiger partial charge < -0.3 is 4.90 Å². The van der Waals surface area contributed by atoms with Gasteiger partial charge in [-0.1, -0.05) is 35.4 Å². The first-order chi connectivity index (χ1) is 9.95. The molecule has 1 aromatic heterocycles. The topological polar surface area (TPSA) is 20.3 Å². The van der Waals surface area contributed by atoms with Gasteiger partial charge in [0.05, 0.1) is 4.34 Å². The van der Waals surface area contributed by atoms with Gasteiger partial charge in [-0.3, -0.25) is 4.79 Å². The molecule has 0 aliphatic rings. The number of thiophene rings is 1. The van der Waals surface area contributed by atoms with Crippen LogP contribution in [0.4, 0.5) is 0 Å². The molecule has 4 heteroatoms. The summed E-state index contributed by atoms with van der Waals surface area (Å²) in [7, 11) is 1.81. The van der Waals surface area contributed by atoms with E-state index in [1.54, 1.807) is 17.1 Å². The van der Waals surface area contributed by atoms with Gasteiger partial charge in [-0.05, 0) is 43.2 Å². The maximum Gasteiger partial charge on any atom is 0.246 e. The Hall–Kier alpha value is -1.58. The molecule has 2 nitrogen and oxygen atoms in total. The Labute approximate surface area is 134 Å². The van der Waals surface area contributed by atoms with Crippen molar-refractivity contribution in [3.8, 4) is 0 Å². The van der Waals surface area contributed by atoms with Crippen LogP contribution < -0.4 is 0 Å². The van der Waals surface area contributed by atoms with E-state index in [9.17, 15) is 4.79 Å². The zero-order chi connectivity index (χ0) is 15.4. The minimum absolute atomic E-state index is 0.0144. The number of aryl methyl sites for hydroxylation is 2. The maximum atomic E-state index is 12.1. The second kappa shape index (κ2) is 6.92. The smallest absolute Gasteiger partial charge is 0.246 e. The summed E-state index contributed by atoms with van der Waals surface area (Å²) in [6.07, 6.45) is 3.39. The van der Waals surface area contributed by atoms with Crippen LogP contribution in [-0.4, -0.2) is 17.9 Å². The van der Waals surface area contributed by atoms with Crippen LogP contribution in [0.25, 0.3) is 6.08 Å². The molecule has 0 N–H and O–H groups in total. The largest absolute Gasteiger partial charge is 0.338 e. The molecule has 0 radical (unpaired) electrons. The molecule has 0 saturated heterocycles. The SMILES string of the molecule is Cc1ccc(CN(C)C(=O)/C=C/c2ccc(Cl)s2)c(C)c1. The Morgan fingerprint density at radius 1 is 1.29 bits per heavy atom. The van der Waals surface area contributed by atoms with Crippen molar-refractivity contribution < 1.29 is 4.79 Å². The second-order valence-corrected chi connectivity index (χ2v) is 6.85. The molecule has 0 bridgehead atoms. The first-order valence-electron chi connectivity index (χ1n) is 6.70. The molecule has 1 aromatic carbocycles. The average molecular weight is 320 g/mol. The van der Waals surface area contributed by atoms with E-state index >= 15 is 0 Å². The van der Waals surface area contributed by atoms with E-state index < -0.39 is 0 Å². The summed E-state index contributed by atoms with van der Waals surface area (Å²) in [6.45, 7) is 4.76. The molecule has 0 atom stereocenters. The molecule has 0 aliphatic heterocycles. The fraction of sp³-hybridized carbons (Fsp3) is 0.235. The molecule has 0 aliphatic carbocycles. The molecule has 0 saturated carbocycles. The number of nitrogens with zero attached hydrogens (tertiary/aromatic N) is 1. The number of carbonyl (C=O) groups excluding carboxylic acids is 1. The monoisotopic (exact) mass is 319 g/mol. The Balaban J connectivity index is 2.00. The number of halogens is 1. The van der Waals surface area contributed by atoms with Gasteiger partial charge in [0.15, 0.2) is 0 Å². The van der Waals surface area contributed by atoms with Crippen molar-refractivity contribution in [3.63, 3.8) is 0 Å². The molecule has 0 spiro atoms. The van der Waals surface area contributed by atoms with Gasteiger partial charge in [0.25, 0.3) is 0 Å². The quantitative estimate of drug-likeness (QED) is 0.749. The van der Waals surface area contributed by atoms with E-state index in [4.69, 9.17) is 11.6 Å². The highest BCUT2D eigenvalue weighted by atomic mass is 35.5. The third kappa shape index (κ3) is 4.45. The Bertz CT molecular complexity index is 675. The highest BCUT2D eigenvalue weighted by molar-refractivity contribution is 7.17. The zero-order valence-corrected chi connectivity index (χ0v) is 14.0. The van der Waals surface area contributed by atoms with Crippen LogP contribution in [0.3, 0.4) is 0 Å². The lowest BCUT2D eigenvalue weighted by Gasteiger charge is -2.17. The fourth-order valence-electron chi connectivity index (χ4n) is 2.06. The third-order valence-corrected chi connectivity index (χ3v) is 4.46. The molecular formula is C17H18ClNOS. The van der Waals surface area contributed by atoms with E-state index in [1.807, 2.05) is 19.2 Å². The van der Waals surface area contributed by atoms with Gasteiger partial charge in [-0.25, -0.2) is 0 Å². The number of amides is 1. The van der Waals surface area contributed by atoms with Crippen LogP contribution in [0.15, 0.2) is 36.4 Å². The summed E-state index contributed by atoms with van der Waals surface area (Å²) >= 11 is 7.32. The Kier molecular flexibility index (Phi) is 5.21. The first-order valence-corrected chi connectivity index (χ1v) is 7.90. The van der Waals surface area contributed by atoms with E-state index in [2.05, 4.69) is 32.0 Å². The van der Waals surface area contributed by atoms with Gasteiger partial charge in [-0.2, -0.15) is 0 Å². The molecule has 2 aromatic rings. The van der Waals surface area contributed by atoms with Crippen molar-refractivity contribution in [1.29, 1.82) is 0 Å². The van der Waals surface area contributed by atoms with E-state index in [0.717, 1.165) is 9.21 Å². The molecule has 1 amide bonds. The van der Waals surface area contributed by atoms with E-state index in [-0.39, 0.29) is 5.91 Å². The van der Waals surface area contributed by atoms with Crippen LogP contribution in [0.2, 0.25) is 4.34 Å². The molecule has 1 heterocycles. The van der Waals surface area contributed by atoms with Crippen molar-refractivity contribution in [2.45, 2.75) is 20.4 Å². The summed E-state index contributed by atoms with van der Waals surface area (Å²) in [5, 5.41) is 0. The highest BCUT2D eigenvalue weighted by Crippen LogP contribution is 2.22. The first kappa shape index (κ1) is 15.8. The highest BCUT2D eigenvalue weighted by Gasteiger charge is 2.08. The Morgan fingerprint density at radius 2 is 2.05 bits per heavy atom. The standard InChI is InChI=1S/C17H18ClNOS/c1-12-4-5-14(13(2)10-12)11-19(3)17(20)9-7-15-6-8-16(18)21-15/h4-10H,11H2,1-3H3/b9-7+. The predicted octanol–water partition coefficient (Wildman–Crippen LogP) is 4.69. The summed E-state index contributed by atoms with van der Waals surface area (Å²) in [5.41, 5.74) is 3.62. The van der Waals surface area contributed by atoms with Crippen LogP contribution in [0.1, 0.15) is 21.6 Å². The Morgan fingerprint density at radius 3 is 2.67 bits per heavy atom. The van der Waals surface area contributed by atoms with Crippen LogP contribution in [0.5, 0.6) is 0 Å². The van der Waals surface area contributed by atoms with E-state index in [0.29, 0.717) is 6.54 Å². The molecule has 110 valence electrons. The van der Waals surface area contributed by atoms with Gasteiger partial charge in [0.2, 0.25) is 5.91 Å². The molecule has 0 fully saturated rings. The average Bonchev–Trinajstić information content (AvgIpc) is 2.85. The number of likely N-dealkylation sites (N-methyl/N-ethyl adjacent to an activating group) is 1. The lowest BCUT2D eigenvalue weighted by molar-refractivity contribution is -0.125. The minimum Gasteiger partial charge on any atom is -0.338 e. The van der Waals surface area contributed by atoms with Crippen molar-refractivity contribution in [2.75, 3.05) is 7.05 Å². The van der Waals surface area contributed by atoms with Crippen molar-refractivity contribution in [2.24, 2.45) is 0 Å². The van der Waals surface area contributed by atoms with Gasteiger partial charge in [0.1, 0.15) is 0 Å². The fourth-order valence-corrected chi connectivity index (χ4v) is 3.02. The lowest BCUT2D eigenvalue weighted by atomic mass is 10.1. The summed E-state index contributed by atoms with van der Waals surface area (Å²) in [5.74, 6) is -0.0144. The molecule has 0 unspecified atom stereocenters. The summed E-state index contributed by atoms with van der Waals surface area (Å²) in [4.78, 5) is 14.8. The van der Waals surface area contributed by atoms with Crippen molar-refractivity contribution in [1.82, 2.24) is 4.90 Å². The number of carbonyl (C=O) groups is 1. The van der Waals surface area contributed by atoms with Crippen LogP contribution in [0, 0.1) is 13.8 Å². The van der Waals surface area contributed by atoms with Crippen molar-refractivity contribution >= 4 is 34.9 Å². The van der Waals surface area contributed by atoms with Crippen LogP contribution >= 0.6 is 22.9 Å². The van der Waals surface area contributed by atoms with Gasteiger partial charge in [-0.15, -0.1) is 11.3 Å². The summed E-state index contributed by atoms with van der Waals surface area (Å²) < 4.78 is 0.728. The summed E-state index contributed by atoms with van der Waals surface area (Å²) in [6, 6.07) is 10.0. The maximum absolute atomic E-state index is 12.1. The number of hydrogen-bond acceptors (Lipinski definition) is 2. The molecule has 2 rings (SSSR count). The molecule has 21 heavy (non-hydrogen) atoms. The lowest BCUT2D eigenvalue weighted by Crippen LogP contribution is -2.24. The zero-order valence-electron chi connectivity index (χ0n) is 12.4.